The van der Waals surface area contributed by atoms with Gasteiger partial charge in [0.25, 0.3) is 0 Å². The van der Waals surface area contributed by atoms with Crippen molar-refractivity contribution < 1.29 is 24.2 Å². The lowest BCUT2D eigenvalue weighted by Gasteiger charge is -2.14. The van der Waals surface area contributed by atoms with E-state index in [1.807, 2.05) is 6.92 Å². The number of benzene rings is 1. The van der Waals surface area contributed by atoms with Crippen LogP contribution in [0.2, 0.25) is 0 Å². The first-order valence-electron chi connectivity index (χ1n) is 10.9. The SMILES string of the molecule is CCCc1c(OCCCCc2nnnn2CCCC(=O)OCC)ccc(C(C)=O)c1O. The van der Waals surface area contributed by atoms with E-state index in [0.29, 0.717) is 62.3 Å². The molecule has 9 heteroatoms. The molecule has 0 spiro atoms. The van der Waals surface area contributed by atoms with Crippen molar-refractivity contribution in [1.82, 2.24) is 20.2 Å². The highest BCUT2D eigenvalue weighted by Crippen LogP contribution is 2.33. The largest absolute Gasteiger partial charge is 0.507 e. The molecule has 2 rings (SSSR count). The Hall–Kier alpha value is -2.97. The van der Waals surface area contributed by atoms with Gasteiger partial charge in [0, 0.05) is 24.9 Å². The third-order valence-corrected chi connectivity index (χ3v) is 4.83. The zero-order chi connectivity index (χ0) is 22.6. The molecule has 1 N–H and O–H groups in total. The molecule has 0 radical (unpaired) electrons. The van der Waals surface area contributed by atoms with Crippen LogP contribution in [0.4, 0.5) is 0 Å². The average Bonchev–Trinajstić information content (AvgIpc) is 3.17. The minimum Gasteiger partial charge on any atom is -0.507 e. The smallest absolute Gasteiger partial charge is 0.305 e. The molecule has 0 aliphatic carbocycles. The number of phenols is 1. The number of carbonyl (C=O) groups excluding carboxylic acids is 2. The maximum Gasteiger partial charge on any atom is 0.305 e. The summed E-state index contributed by atoms with van der Waals surface area (Å²) in [5.41, 5.74) is 1.01. The van der Waals surface area contributed by atoms with Crippen LogP contribution in [0.15, 0.2) is 12.1 Å². The molecule has 0 saturated carbocycles. The molecular weight excluding hydrogens is 400 g/mol. The zero-order valence-corrected chi connectivity index (χ0v) is 18.6. The summed E-state index contributed by atoms with van der Waals surface area (Å²) in [7, 11) is 0. The second-order valence-electron chi connectivity index (χ2n) is 7.28. The molecule has 1 heterocycles. The van der Waals surface area contributed by atoms with Crippen molar-refractivity contribution in [2.45, 2.75) is 72.3 Å². The summed E-state index contributed by atoms with van der Waals surface area (Å²) in [5, 5.41) is 22.2. The number of aromatic hydroxyl groups is 1. The van der Waals surface area contributed by atoms with Crippen molar-refractivity contribution >= 4 is 11.8 Å². The van der Waals surface area contributed by atoms with Gasteiger partial charge in [0.05, 0.1) is 18.8 Å². The molecule has 0 bridgehead atoms. The quantitative estimate of drug-likeness (QED) is 0.275. The number of phenolic OH excluding ortho intramolecular Hbond substituents is 1. The molecule has 0 amide bonds. The fraction of sp³-hybridized carbons (Fsp3) is 0.591. The maximum atomic E-state index is 11.7. The Morgan fingerprint density at radius 1 is 1.13 bits per heavy atom. The molecule has 0 atom stereocenters. The van der Waals surface area contributed by atoms with Crippen LogP contribution in [0.25, 0.3) is 0 Å². The normalized spacial score (nSPS) is 10.8. The van der Waals surface area contributed by atoms with E-state index in [1.54, 1.807) is 23.7 Å². The van der Waals surface area contributed by atoms with E-state index in [4.69, 9.17) is 9.47 Å². The van der Waals surface area contributed by atoms with Crippen LogP contribution < -0.4 is 4.74 Å². The van der Waals surface area contributed by atoms with Crippen molar-refractivity contribution in [1.29, 1.82) is 0 Å². The van der Waals surface area contributed by atoms with Crippen molar-refractivity contribution in [3.05, 3.63) is 29.1 Å². The van der Waals surface area contributed by atoms with E-state index >= 15 is 0 Å². The van der Waals surface area contributed by atoms with E-state index < -0.39 is 0 Å². The van der Waals surface area contributed by atoms with Gasteiger partial charge in [0.1, 0.15) is 11.5 Å². The molecule has 170 valence electrons. The summed E-state index contributed by atoms with van der Waals surface area (Å²) < 4.78 is 12.5. The number of nitrogens with zero attached hydrogens (tertiary/aromatic N) is 4. The monoisotopic (exact) mass is 432 g/mol. The molecule has 0 aliphatic rings. The first-order valence-corrected chi connectivity index (χ1v) is 10.9. The van der Waals surface area contributed by atoms with Gasteiger partial charge >= 0.3 is 5.97 Å². The lowest BCUT2D eigenvalue weighted by atomic mass is 10.0. The Labute approximate surface area is 182 Å². The van der Waals surface area contributed by atoms with Gasteiger partial charge in [-0.15, -0.1) is 5.10 Å². The van der Waals surface area contributed by atoms with Crippen molar-refractivity contribution in [3.63, 3.8) is 0 Å². The lowest BCUT2D eigenvalue weighted by Crippen LogP contribution is -2.10. The van der Waals surface area contributed by atoms with Gasteiger partial charge < -0.3 is 14.6 Å². The Balaban J connectivity index is 1.80. The predicted molar refractivity (Wildman–Crippen MR) is 114 cm³/mol. The fourth-order valence-electron chi connectivity index (χ4n) is 3.28. The van der Waals surface area contributed by atoms with E-state index in [-0.39, 0.29) is 17.5 Å². The van der Waals surface area contributed by atoms with Crippen molar-refractivity contribution in [2.75, 3.05) is 13.2 Å². The zero-order valence-electron chi connectivity index (χ0n) is 18.6. The summed E-state index contributed by atoms with van der Waals surface area (Å²) in [4.78, 5) is 23.1. The van der Waals surface area contributed by atoms with Crippen LogP contribution in [0.5, 0.6) is 11.5 Å². The Morgan fingerprint density at radius 3 is 2.65 bits per heavy atom. The highest BCUT2D eigenvalue weighted by molar-refractivity contribution is 5.97. The number of hydrogen-bond acceptors (Lipinski definition) is 8. The van der Waals surface area contributed by atoms with Gasteiger partial charge in [-0.05, 0) is 62.1 Å². The third kappa shape index (κ3) is 7.34. The molecule has 31 heavy (non-hydrogen) atoms. The second kappa shape index (κ2) is 12.7. The number of aryl methyl sites for hydroxylation is 2. The number of hydrogen-bond donors (Lipinski definition) is 1. The number of aromatic nitrogens is 4. The topological polar surface area (TPSA) is 116 Å². The second-order valence-corrected chi connectivity index (χ2v) is 7.28. The number of esters is 1. The summed E-state index contributed by atoms with van der Waals surface area (Å²) in [6.07, 6.45) is 4.77. The average molecular weight is 433 g/mol. The number of ketones is 1. The molecule has 0 fully saturated rings. The highest BCUT2D eigenvalue weighted by atomic mass is 16.5. The molecule has 0 unspecified atom stereocenters. The first-order chi connectivity index (χ1) is 15.0. The summed E-state index contributed by atoms with van der Waals surface area (Å²) in [6, 6.07) is 3.36. The van der Waals surface area contributed by atoms with Crippen LogP contribution in [-0.4, -0.2) is 50.3 Å². The molecule has 0 saturated heterocycles. The van der Waals surface area contributed by atoms with E-state index in [9.17, 15) is 14.7 Å². The number of carbonyl (C=O) groups is 2. The van der Waals surface area contributed by atoms with Crippen LogP contribution in [-0.2, 0) is 28.9 Å². The maximum absolute atomic E-state index is 11.7. The molecule has 1 aromatic carbocycles. The fourth-order valence-corrected chi connectivity index (χ4v) is 3.28. The van der Waals surface area contributed by atoms with Crippen LogP contribution in [0.1, 0.15) is 74.6 Å². The predicted octanol–water partition coefficient (Wildman–Crippen LogP) is 3.28. The minimum atomic E-state index is -0.209. The number of Topliss-reactive ketones (excluding diaryl/α,β-unsaturated/α-hetero) is 1. The standard InChI is InChI=1S/C22H32N4O5/c1-4-9-18-19(13-12-17(16(3)27)22(18)29)31-15-7-6-10-20-23-24-25-26(20)14-8-11-21(28)30-5-2/h12-13,29H,4-11,14-15H2,1-3H3. The summed E-state index contributed by atoms with van der Waals surface area (Å²) in [6.45, 7) is 6.68. The highest BCUT2D eigenvalue weighted by Gasteiger charge is 2.16. The van der Waals surface area contributed by atoms with Crippen LogP contribution in [0.3, 0.4) is 0 Å². The van der Waals surface area contributed by atoms with Gasteiger partial charge in [0.2, 0.25) is 0 Å². The number of unbranched alkanes of at least 4 members (excludes halogenated alkanes) is 1. The Bertz CT molecular complexity index is 866. The summed E-state index contributed by atoms with van der Waals surface area (Å²) in [5.74, 6) is 1.04. The van der Waals surface area contributed by atoms with Crippen LogP contribution >= 0.6 is 0 Å². The van der Waals surface area contributed by atoms with Crippen molar-refractivity contribution in [3.8, 4) is 11.5 Å². The molecule has 1 aromatic heterocycles. The first kappa shape index (κ1) is 24.3. The van der Waals surface area contributed by atoms with E-state index in [0.717, 1.165) is 25.1 Å². The number of rotatable bonds is 14. The minimum absolute atomic E-state index is 0.0221. The number of tetrazole rings is 1. The van der Waals surface area contributed by atoms with Crippen LogP contribution in [0, 0.1) is 0 Å². The van der Waals surface area contributed by atoms with E-state index in [2.05, 4.69) is 15.5 Å². The Kier molecular flexibility index (Phi) is 9.93. The van der Waals surface area contributed by atoms with Gasteiger partial charge in [0.15, 0.2) is 11.6 Å². The van der Waals surface area contributed by atoms with Gasteiger partial charge in [-0.3, -0.25) is 9.59 Å². The molecule has 0 aliphatic heterocycles. The Morgan fingerprint density at radius 2 is 1.94 bits per heavy atom. The molecule has 9 nitrogen and oxygen atoms in total. The molecule has 2 aromatic rings. The van der Waals surface area contributed by atoms with Gasteiger partial charge in [-0.25, -0.2) is 4.68 Å². The van der Waals surface area contributed by atoms with Gasteiger partial charge in [-0.2, -0.15) is 0 Å². The van der Waals surface area contributed by atoms with E-state index in [1.165, 1.54) is 6.92 Å². The number of ether oxygens (including phenoxy) is 2. The lowest BCUT2D eigenvalue weighted by molar-refractivity contribution is -0.143. The molecular formula is C22H32N4O5. The van der Waals surface area contributed by atoms with Crippen molar-refractivity contribution in [2.24, 2.45) is 0 Å². The third-order valence-electron chi connectivity index (χ3n) is 4.83. The van der Waals surface area contributed by atoms with Gasteiger partial charge in [-0.1, -0.05) is 13.3 Å². The summed E-state index contributed by atoms with van der Waals surface area (Å²) >= 11 is 0.